The molecule has 1 N–H and O–H groups in total. The summed E-state index contributed by atoms with van der Waals surface area (Å²) < 4.78 is 0. The van der Waals surface area contributed by atoms with Crippen LogP contribution in [0.2, 0.25) is 0 Å². The van der Waals surface area contributed by atoms with Gasteiger partial charge in [-0.1, -0.05) is 6.92 Å². The largest absolute Gasteiger partial charge is 0.315 e. The second kappa shape index (κ2) is 6.14. The van der Waals surface area contributed by atoms with Crippen LogP contribution in [0, 0.1) is 6.92 Å². The number of hydrogen-bond acceptors (Lipinski definition) is 3. The van der Waals surface area contributed by atoms with Gasteiger partial charge in [0.2, 0.25) is 0 Å². The maximum absolute atomic E-state index is 4.45. The van der Waals surface area contributed by atoms with Crippen LogP contribution in [0.3, 0.4) is 0 Å². The van der Waals surface area contributed by atoms with Gasteiger partial charge in [0.1, 0.15) is 0 Å². The average Bonchev–Trinajstić information content (AvgIpc) is 2.52. The average molecular weight is 212 g/mol. The lowest BCUT2D eigenvalue weighted by Gasteiger charge is -2.10. The van der Waals surface area contributed by atoms with Gasteiger partial charge >= 0.3 is 0 Å². The predicted octanol–water partition coefficient (Wildman–Crippen LogP) is 2.77. The highest BCUT2D eigenvalue weighted by atomic mass is 32.1. The normalized spacial score (nSPS) is 13.1. The number of rotatable bonds is 6. The number of thiazole rings is 1. The number of nitrogens with zero attached hydrogens (tertiary/aromatic N) is 1. The van der Waals surface area contributed by atoms with Crippen molar-refractivity contribution in [1.29, 1.82) is 0 Å². The fourth-order valence-corrected chi connectivity index (χ4v) is 2.21. The molecule has 1 atom stereocenters. The minimum Gasteiger partial charge on any atom is -0.315 e. The van der Waals surface area contributed by atoms with Crippen LogP contribution in [-0.4, -0.2) is 17.6 Å². The van der Waals surface area contributed by atoms with Crippen molar-refractivity contribution in [2.45, 2.75) is 46.1 Å². The minimum atomic E-state index is 0.639. The lowest BCUT2D eigenvalue weighted by Crippen LogP contribution is -2.25. The number of aromatic nitrogens is 1. The quantitative estimate of drug-likeness (QED) is 0.784. The molecule has 0 aliphatic carbocycles. The Bertz CT molecular complexity index is 258. The molecule has 1 aromatic heterocycles. The summed E-state index contributed by atoms with van der Waals surface area (Å²) in [6.07, 6.45) is 3.60. The van der Waals surface area contributed by atoms with E-state index in [1.807, 2.05) is 0 Å². The van der Waals surface area contributed by atoms with Gasteiger partial charge in [0, 0.05) is 11.4 Å². The Labute approximate surface area is 90.8 Å². The topological polar surface area (TPSA) is 24.9 Å². The second-order valence-electron chi connectivity index (χ2n) is 3.71. The molecule has 0 aliphatic heterocycles. The van der Waals surface area contributed by atoms with Crippen LogP contribution in [-0.2, 0) is 6.42 Å². The van der Waals surface area contributed by atoms with Gasteiger partial charge in [-0.05, 0) is 39.7 Å². The maximum atomic E-state index is 4.45. The van der Waals surface area contributed by atoms with E-state index in [-0.39, 0.29) is 0 Å². The molecule has 1 rings (SSSR count). The summed E-state index contributed by atoms with van der Waals surface area (Å²) in [7, 11) is 0. The Hall–Kier alpha value is -0.410. The molecule has 0 saturated carbocycles. The van der Waals surface area contributed by atoms with Crippen molar-refractivity contribution in [3.63, 3.8) is 0 Å². The highest BCUT2D eigenvalue weighted by Gasteiger charge is 2.01. The SMILES string of the molecule is CCNC(C)CCCc1csc(C)n1. The Morgan fingerprint density at radius 3 is 2.93 bits per heavy atom. The summed E-state index contributed by atoms with van der Waals surface area (Å²) in [5.74, 6) is 0. The van der Waals surface area contributed by atoms with Gasteiger partial charge in [-0.25, -0.2) is 4.98 Å². The monoisotopic (exact) mass is 212 g/mol. The van der Waals surface area contributed by atoms with E-state index >= 15 is 0 Å². The molecule has 0 spiro atoms. The first-order chi connectivity index (χ1) is 6.72. The van der Waals surface area contributed by atoms with Gasteiger partial charge in [0.15, 0.2) is 0 Å². The van der Waals surface area contributed by atoms with Gasteiger partial charge in [-0.15, -0.1) is 11.3 Å². The van der Waals surface area contributed by atoms with Gasteiger partial charge in [-0.3, -0.25) is 0 Å². The zero-order valence-corrected chi connectivity index (χ0v) is 10.2. The van der Waals surface area contributed by atoms with E-state index in [1.165, 1.54) is 23.5 Å². The Kier molecular flexibility index (Phi) is 5.12. The standard InChI is InChI=1S/C11H20N2S/c1-4-12-9(2)6-5-7-11-8-14-10(3)13-11/h8-9,12H,4-7H2,1-3H3. The Morgan fingerprint density at radius 1 is 1.57 bits per heavy atom. The molecule has 0 amide bonds. The molecule has 3 heteroatoms. The van der Waals surface area contributed by atoms with Gasteiger partial charge in [-0.2, -0.15) is 0 Å². The first-order valence-corrected chi connectivity index (χ1v) is 6.24. The molecule has 14 heavy (non-hydrogen) atoms. The molecular formula is C11H20N2S. The van der Waals surface area contributed by atoms with E-state index in [1.54, 1.807) is 11.3 Å². The molecule has 1 heterocycles. The number of hydrogen-bond donors (Lipinski definition) is 1. The maximum Gasteiger partial charge on any atom is 0.0897 e. The highest BCUT2D eigenvalue weighted by molar-refractivity contribution is 7.09. The van der Waals surface area contributed by atoms with Crippen LogP contribution in [0.1, 0.15) is 37.4 Å². The summed E-state index contributed by atoms with van der Waals surface area (Å²) in [5, 5.41) is 6.77. The first-order valence-electron chi connectivity index (χ1n) is 5.36. The van der Waals surface area contributed by atoms with Gasteiger partial charge < -0.3 is 5.32 Å². The lowest BCUT2D eigenvalue weighted by molar-refractivity contribution is 0.511. The van der Waals surface area contributed by atoms with Gasteiger partial charge in [0.05, 0.1) is 10.7 Å². The molecule has 1 unspecified atom stereocenters. The third-order valence-corrected chi connectivity index (χ3v) is 3.11. The van der Waals surface area contributed by atoms with Crippen molar-refractivity contribution in [3.8, 4) is 0 Å². The Balaban J connectivity index is 2.15. The minimum absolute atomic E-state index is 0.639. The van der Waals surface area contributed by atoms with Crippen LogP contribution in [0.5, 0.6) is 0 Å². The summed E-state index contributed by atoms with van der Waals surface area (Å²) >= 11 is 1.75. The summed E-state index contributed by atoms with van der Waals surface area (Å²) in [6.45, 7) is 7.53. The molecule has 1 aromatic rings. The van der Waals surface area contributed by atoms with Gasteiger partial charge in [0.25, 0.3) is 0 Å². The molecule has 0 saturated heterocycles. The lowest BCUT2D eigenvalue weighted by atomic mass is 10.1. The third-order valence-electron chi connectivity index (χ3n) is 2.29. The zero-order chi connectivity index (χ0) is 10.4. The van der Waals surface area contributed by atoms with Crippen molar-refractivity contribution >= 4 is 11.3 Å². The fraction of sp³-hybridized carbons (Fsp3) is 0.727. The first kappa shape index (κ1) is 11.7. The molecule has 0 radical (unpaired) electrons. The van der Waals surface area contributed by atoms with E-state index in [0.717, 1.165) is 13.0 Å². The predicted molar refractivity (Wildman–Crippen MR) is 62.9 cm³/mol. The molecule has 2 nitrogen and oxygen atoms in total. The van der Waals surface area contributed by atoms with E-state index in [9.17, 15) is 0 Å². The van der Waals surface area contributed by atoms with Crippen molar-refractivity contribution in [2.75, 3.05) is 6.54 Å². The molecule has 0 fully saturated rings. The van der Waals surface area contributed by atoms with Crippen molar-refractivity contribution in [3.05, 3.63) is 16.1 Å². The summed E-state index contributed by atoms with van der Waals surface area (Å²) in [5.41, 5.74) is 1.26. The van der Waals surface area contributed by atoms with E-state index in [4.69, 9.17) is 0 Å². The number of aryl methyl sites for hydroxylation is 2. The van der Waals surface area contributed by atoms with Crippen LogP contribution >= 0.6 is 11.3 Å². The number of nitrogens with one attached hydrogen (secondary N) is 1. The second-order valence-corrected chi connectivity index (χ2v) is 4.77. The van der Waals surface area contributed by atoms with E-state index < -0.39 is 0 Å². The molecule has 80 valence electrons. The molecule has 0 aliphatic rings. The third kappa shape index (κ3) is 4.20. The van der Waals surface area contributed by atoms with E-state index in [2.05, 4.69) is 36.5 Å². The van der Waals surface area contributed by atoms with Crippen LogP contribution in [0.25, 0.3) is 0 Å². The van der Waals surface area contributed by atoms with Crippen LogP contribution < -0.4 is 5.32 Å². The van der Waals surface area contributed by atoms with Crippen LogP contribution in [0.15, 0.2) is 5.38 Å². The zero-order valence-electron chi connectivity index (χ0n) is 9.34. The van der Waals surface area contributed by atoms with Crippen molar-refractivity contribution in [2.24, 2.45) is 0 Å². The highest BCUT2D eigenvalue weighted by Crippen LogP contribution is 2.11. The molecule has 0 aromatic carbocycles. The summed E-state index contributed by atoms with van der Waals surface area (Å²) in [6, 6.07) is 0.639. The van der Waals surface area contributed by atoms with Crippen molar-refractivity contribution < 1.29 is 0 Å². The molecular weight excluding hydrogens is 192 g/mol. The summed E-state index contributed by atoms with van der Waals surface area (Å²) in [4.78, 5) is 4.45. The van der Waals surface area contributed by atoms with Crippen molar-refractivity contribution in [1.82, 2.24) is 10.3 Å². The fourth-order valence-electron chi connectivity index (χ4n) is 1.56. The smallest absolute Gasteiger partial charge is 0.0897 e. The van der Waals surface area contributed by atoms with E-state index in [0.29, 0.717) is 6.04 Å². The van der Waals surface area contributed by atoms with Crippen LogP contribution in [0.4, 0.5) is 0 Å². The Morgan fingerprint density at radius 2 is 2.36 bits per heavy atom. The molecule has 0 bridgehead atoms.